The molecule has 1 N–H and O–H groups in total. The van der Waals surface area contributed by atoms with Crippen LogP contribution in [-0.2, 0) is 11.0 Å². The zero-order valence-corrected chi connectivity index (χ0v) is 14.0. The highest BCUT2D eigenvalue weighted by Gasteiger charge is 2.74. The lowest BCUT2D eigenvalue weighted by atomic mass is 10.0. The predicted molar refractivity (Wildman–Crippen MR) is 85.3 cm³/mol. The van der Waals surface area contributed by atoms with Gasteiger partial charge < -0.3 is 5.32 Å². The summed E-state index contributed by atoms with van der Waals surface area (Å²) in [5.74, 6) is 0.687. The molecule has 0 bridgehead atoms. The minimum Gasteiger partial charge on any atom is -0.354 e. The molecule has 0 saturated heterocycles. The van der Waals surface area contributed by atoms with Gasteiger partial charge in [-0.05, 0) is 49.5 Å². The van der Waals surface area contributed by atoms with Gasteiger partial charge in [-0.3, -0.25) is 9.69 Å². The first-order valence-electron chi connectivity index (χ1n) is 8.51. The van der Waals surface area contributed by atoms with E-state index in [-0.39, 0.29) is 17.4 Å². The number of alkyl halides is 3. The molecule has 1 amide bonds. The van der Waals surface area contributed by atoms with Crippen LogP contribution >= 0.6 is 0 Å². The van der Waals surface area contributed by atoms with Gasteiger partial charge in [0.05, 0.1) is 17.0 Å². The Morgan fingerprint density at radius 3 is 2.21 bits per heavy atom. The zero-order valence-electron chi connectivity index (χ0n) is 14.0. The fourth-order valence-corrected chi connectivity index (χ4v) is 3.45. The Morgan fingerprint density at radius 2 is 1.79 bits per heavy atom. The fraction of sp³-hybridized carbons (Fsp3) is 0.611. The van der Waals surface area contributed by atoms with Crippen LogP contribution in [0, 0.1) is 11.3 Å². The van der Waals surface area contributed by atoms with E-state index in [2.05, 4.69) is 10.2 Å². The maximum atomic E-state index is 12.7. The van der Waals surface area contributed by atoms with Gasteiger partial charge in [0.25, 0.3) is 0 Å². The normalized spacial score (nSPS) is 26.0. The molecule has 0 heterocycles. The molecule has 24 heavy (non-hydrogen) atoms. The summed E-state index contributed by atoms with van der Waals surface area (Å²) in [6.07, 6.45) is -2.34. The predicted octanol–water partition coefficient (Wildman–Crippen LogP) is 3.61. The molecule has 0 spiro atoms. The van der Waals surface area contributed by atoms with Gasteiger partial charge in [-0.25, -0.2) is 0 Å². The van der Waals surface area contributed by atoms with E-state index >= 15 is 0 Å². The van der Waals surface area contributed by atoms with Crippen LogP contribution in [0.1, 0.15) is 43.9 Å². The average molecular weight is 340 g/mol. The molecule has 3 nitrogen and oxygen atoms in total. The van der Waals surface area contributed by atoms with E-state index in [1.54, 1.807) is 0 Å². The van der Waals surface area contributed by atoms with E-state index in [1.165, 1.54) is 12.1 Å². The van der Waals surface area contributed by atoms with Gasteiger partial charge in [0.2, 0.25) is 5.91 Å². The summed E-state index contributed by atoms with van der Waals surface area (Å²) >= 11 is 0. The van der Waals surface area contributed by atoms with Gasteiger partial charge in [-0.15, -0.1) is 0 Å². The molecule has 2 aliphatic rings. The topological polar surface area (TPSA) is 32.3 Å². The number of carbonyl (C=O) groups excluding carboxylic acids is 1. The van der Waals surface area contributed by atoms with Crippen LogP contribution in [0.15, 0.2) is 24.3 Å². The molecule has 0 aliphatic heterocycles. The number of rotatable bonds is 7. The van der Waals surface area contributed by atoms with E-state index in [0.29, 0.717) is 12.5 Å². The molecule has 1 unspecified atom stereocenters. The van der Waals surface area contributed by atoms with Crippen LogP contribution < -0.4 is 5.32 Å². The molecule has 0 radical (unpaired) electrons. The first kappa shape index (κ1) is 17.3. The van der Waals surface area contributed by atoms with Crippen molar-refractivity contribution in [1.29, 1.82) is 0 Å². The Kier molecular flexibility index (Phi) is 4.36. The number of hydrogen-bond acceptors (Lipinski definition) is 2. The molecule has 132 valence electrons. The highest BCUT2D eigenvalue weighted by molar-refractivity contribution is 5.90. The lowest BCUT2D eigenvalue weighted by molar-refractivity contribution is -0.137. The van der Waals surface area contributed by atoms with Crippen LogP contribution in [0.3, 0.4) is 0 Å². The third-order valence-corrected chi connectivity index (χ3v) is 5.47. The number of amides is 1. The van der Waals surface area contributed by atoms with Crippen molar-refractivity contribution in [2.24, 2.45) is 11.3 Å². The summed E-state index contributed by atoms with van der Waals surface area (Å²) < 4.78 is 38.2. The number of likely N-dealkylation sites (N-methyl/N-ethyl adjacent to an activating group) is 1. The molecular formula is C18H23F3N2O. The Morgan fingerprint density at radius 1 is 1.25 bits per heavy atom. The van der Waals surface area contributed by atoms with E-state index in [4.69, 9.17) is 0 Å². The fourth-order valence-electron chi connectivity index (χ4n) is 3.45. The second-order valence-corrected chi connectivity index (χ2v) is 6.83. The molecule has 2 fully saturated rings. The minimum absolute atomic E-state index is 0.0893. The second-order valence-electron chi connectivity index (χ2n) is 6.83. The average Bonchev–Trinajstić information content (AvgIpc) is 3.40. The van der Waals surface area contributed by atoms with Crippen molar-refractivity contribution >= 4 is 5.91 Å². The van der Waals surface area contributed by atoms with Gasteiger partial charge in [-0.2, -0.15) is 13.2 Å². The van der Waals surface area contributed by atoms with Crippen molar-refractivity contribution < 1.29 is 18.0 Å². The van der Waals surface area contributed by atoms with Crippen molar-refractivity contribution in [3.8, 4) is 0 Å². The lowest BCUT2D eigenvalue weighted by Gasteiger charge is -2.30. The molecule has 1 aromatic carbocycles. The van der Waals surface area contributed by atoms with Crippen LogP contribution in [0.4, 0.5) is 13.2 Å². The first-order chi connectivity index (χ1) is 11.3. The summed E-state index contributed by atoms with van der Waals surface area (Å²) in [7, 11) is 0. The largest absolute Gasteiger partial charge is 0.416 e. The summed E-state index contributed by atoms with van der Waals surface area (Å²) in [6, 6.07) is 5.16. The molecule has 3 rings (SSSR count). The molecular weight excluding hydrogens is 317 g/mol. The Bertz CT molecular complexity index is 602. The van der Waals surface area contributed by atoms with Crippen molar-refractivity contribution in [2.75, 3.05) is 19.6 Å². The summed E-state index contributed by atoms with van der Waals surface area (Å²) in [5.41, 5.74) is 0.0624. The van der Waals surface area contributed by atoms with Gasteiger partial charge >= 0.3 is 6.18 Å². The van der Waals surface area contributed by atoms with Gasteiger partial charge in [-0.1, -0.05) is 26.0 Å². The number of benzene rings is 1. The number of carbonyl (C=O) groups is 1. The van der Waals surface area contributed by atoms with E-state index in [0.717, 1.165) is 43.6 Å². The summed E-state index contributed by atoms with van der Waals surface area (Å²) in [4.78, 5) is 14.4. The highest BCUT2D eigenvalue weighted by Crippen LogP contribution is 2.75. The smallest absolute Gasteiger partial charge is 0.354 e. The first-order valence-corrected chi connectivity index (χ1v) is 8.51. The van der Waals surface area contributed by atoms with Gasteiger partial charge in [0, 0.05) is 6.54 Å². The van der Waals surface area contributed by atoms with Crippen LogP contribution in [0.25, 0.3) is 0 Å². The molecule has 6 heteroatoms. The van der Waals surface area contributed by atoms with E-state index < -0.39 is 11.7 Å². The Balaban J connectivity index is 1.72. The van der Waals surface area contributed by atoms with Gasteiger partial charge in [0.15, 0.2) is 0 Å². The standard InChI is InChI=1S/C18H23F3N2O/c1-3-23(4-2)15(11-22-16(24)17-9-14(17)10-17)12-5-7-13(8-6-12)18(19,20)21/h5-8,14-15H,3-4,9-11H2,1-2H3,(H,22,24). The van der Waals surface area contributed by atoms with Crippen molar-refractivity contribution in [1.82, 2.24) is 10.2 Å². The van der Waals surface area contributed by atoms with Gasteiger partial charge in [0.1, 0.15) is 0 Å². The zero-order chi connectivity index (χ0) is 17.5. The number of nitrogens with one attached hydrogen (secondary N) is 1. The number of nitrogens with zero attached hydrogens (tertiary/aromatic N) is 1. The third-order valence-electron chi connectivity index (χ3n) is 5.47. The monoisotopic (exact) mass is 340 g/mol. The van der Waals surface area contributed by atoms with Crippen molar-refractivity contribution in [2.45, 2.75) is 38.9 Å². The van der Waals surface area contributed by atoms with Crippen LogP contribution in [0.2, 0.25) is 0 Å². The Hall–Kier alpha value is -1.56. The second kappa shape index (κ2) is 6.06. The highest BCUT2D eigenvalue weighted by atomic mass is 19.4. The van der Waals surface area contributed by atoms with Crippen molar-refractivity contribution in [3.63, 3.8) is 0 Å². The van der Waals surface area contributed by atoms with E-state index in [1.807, 2.05) is 13.8 Å². The molecule has 1 atom stereocenters. The summed E-state index contributed by atoms with van der Waals surface area (Å²) in [6.45, 7) is 6.00. The van der Waals surface area contributed by atoms with Crippen molar-refractivity contribution in [3.05, 3.63) is 35.4 Å². The lowest BCUT2D eigenvalue weighted by Crippen LogP contribution is -2.39. The quantitative estimate of drug-likeness (QED) is 0.822. The van der Waals surface area contributed by atoms with Crippen LogP contribution in [0.5, 0.6) is 0 Å². The number of fused-ring (bicyclic) bond motifs is 1. The maximum Gasteiger partial charge on any atom is 0.416 e. The SMILES string of the molecule is CCN(CC)C(CNC(=O)C12CC1C2)c1ccc(C(F)(F)F)cc1. The third kappa shape index (κ3) is 3.16. The summed E-state index contributed by atoms with van der Waals surface area (Å²) in [5, 5.41) is 3.02. The number of halogens is 3. The maximum absolute atomic E-state index is 12.7. The number of hydrogen-bond donors (Lipinski definition) is 1. The van der Waals surface area contributed by atoms with E-state index in [9.17, 15) is 18.0 Å². The minimum atomic E-state index is -4.33. The molecule has 0 aromatic heterocycles. The molecule has 2 aliphatic carbocycles. The molecule has 2 saturated carbocycles. The molecule has 1 aromatic rings. The Labute approximate surface area is 140 Å². The van der Waals surface area contributed by atoms with Crippen LogP contribution in [-0.4, -0.2) is 30.4 Å².